The van der Waals surface area contributed by atoms with Crippen molar-refractivity contribution in [2.75, 3.05) is 0 Å². The number of fused-ring (bicyclic) bond motifs is 18. The van der Waals surface area contributed by atoms with E-state index in [9.17, 15) is 0 Å². The van der Waals surface area contributed by atoms with Gasteiger partial charge in [0.05, 0.1) is 60.7 Å². The molecule has 0 unspecified atom stereocenters. The highest BCUT2D eigenvalue weighted by Gasteiger charge is 2.49. The SMILES string of the molecule is c1ccc(-n2c3ccccc3c3cc(-c4ccc5c(c4)c4ccccc4n5-c4ccc5c(c4)-c4ccccc4C5(c4ccccc4)c4ccccc4)ccc32)cc1.c1ccc(-n2c3ccccc3c3cc(-c4ccc5c(c4)c4ccccc4n5-c4cccc5c4C(c4ccccc4)(c4ccccc4)c4ccccc4-5)ccc32)cc1. The fourth-order valence-corrected chi connectivity index (χ4v) is 20.1. The third-order valence-corrected chi connectivity index (χ3v) is 24.8. The van der Waals surface area contributed by atoms with Crippen molar-refractivity contribution in [2.45, 2.75) is 10.8 Å². The van der Waals surface area contributed by atoms with E-state index in [1.165, 1.54) is 193 Å². The molecular formula is C110H72N4. The van der Waals surface area contributed by atoms with Crippen LogP contribution in [0.5, 0.6) is 0 Å². The zero-order valence-electron chi connectivity index (χ0n) is 62.4. The van der Waals surface area contributed by atoms with E-state index >= 15 is 0 Å². The monoisotopic (exact) mass is 1450 g/mol. The smallest absolute Gasteiger partial charge is 0.0734 e. The molecule has 4 aromatic heterocycles. The number of nitrogens with zero attached hydrogens (tertiary/aromatic N) is 4. The molecule has 4 heteroatoms. The topological polar surface area (TPSA) is 19.7 Å². The van der Waals surface area contributed by atoms with Crippen LogP contribution in [0.4, 0.5) is 0 Å². The van der Waals surface area contributed by atoms with Gasteiger partial charge in [-0.3, -0.25) is 0 Å². The standard InChI is InChI=1S/2C55H36N2/c1-4-17-39(18-5-1)55(40-19-6-2-7-20-40)48-27-13-10-23-42(48)45-26-16-30-53(54(45)55)57-50-29-15-12-25-44(50)47-36-38(32-34-52(47)57)37-31-33-51-46(35-37)43-24-11-14-28-49(43)56(51)41-21-8-3-9-22-41;1-4-16-39(17-5-1)55(40-18-6-2-7-19-40)49-25-13-10-22-43(49)46-36-42(30-31-50(46)55)57-52-27-15-12-24-45(52)48-35-38(29-33-54(48)57)37-28-32-53-47(34-37)44-23-11-14-26-51(44)56(53)41-20-8-3-9-21-41/h2*1-36H. The molecule has 0 fully saturated rings. The summed E-state index contributed by atoms with van der Waals surface area (Å²) in [5, 5.41) is 10.0. The summed E-state index contributed by atoms with van der Waals surface area (Å²) in [6.45, 7) is 0. The Labute approximate surface area is 660 Å². The number of benzene rings is 18. The minimum Gasteiger partial charge on any atom is -0.309 e. The molecule has 0 atom stereocenters. The van der Waals surface area contributed by atoms with E-state index in [1.807, 2.05) is 0 Å². The zero-order valence-corrected chi connectivity index (χ0v) is 62.4. The summed E-state index contributed by atoms with van der Waals surface area (Å²) in [6.07, 6.45) is 0. The van der Waals surface area contributed by atoms with Gasteiger partial charge < -0.3 is 18.3 Å². The molecule has 2 aliphatic carbocycles. The Kier molecular flexibility index (Phi) is 14.8. The van der Waals surface area contributed by atoms with E-state index in [-0.39, 0.29) is 0 Å². The predicted molar refractivity (Wildman–Crippen MR) is 476 cm³/mol. The Hall–Kier alpha value is -14.8. The van der Waals surface area contributed by atoms with Crippen LogP contribution in [0.2, 0.25) is 0 Å². The summed E-state index contributed by atoms with van der Waals surface area (Å²) < 4.78 is 9.74. The molecule has 4 nitrogen and oxygen atoms in total. The Bertz CT molecular complexity index is 7480. The first-order valence-corrected chi connectivity index (χ1v) is 39.5. The number of para-hydroxylation sites is 6. The summed E-state index contributed by atoms with van der Waals surface area (Å²) in [5.74, 6) is 0. The van der Waals surface area contributed by atoms with E-state index in [0.717, 1.165) is 5.69 Å². The van der Waals surface area contributed by atoms with Gasteiger partial charge in [-0.2, -0.15) is 0 Å². The number of hydrogen-bond donors (Lipinski definition) is 0. The van der Waals surface area contributed by atoms with Crippen LogP contribution in [-0.2, 0) is 10.8 Å². The van der Waals surface area contributed by atoms with Gasteiger partial charge in [0.1, 0.15) is 0 Å². The van der Waals surface area contributed by atoms with E-state index in [1.54, 1.807) is 0 Å². The van der Waals surface area contributed by atoms with Crippen LogP contribution >= 0.6 is 0 Å². The highest BCUT2D eigenvalue weighted by molar-refractivity contribution is 6.15. The second-order valence-electron chi connectivity index (χ2n) is 30.5. The van der Waals surface area contributed by atoms with Crippen LogP contribution in [0, 0.1) is 0 Å². The van der Waals surface area contributed by atoms with Crippen molar-refractivity contribution in [3.05, 3.63) is 481 Å². The molecule has 18 aromatic carbocycles. The highest BCUT2D eigenvalue weighted by Crippen LogP contribution is 2.60. The van der Waals surface area contributed by atoms with Crippen LogP contribution in [0.1, 0.15) is 44.5 Å². The zero-order chi connectivity index (χ0) is 75.0. The lowest BCUT2D eigenvalue weighted by atomic mass is 9.67. The van der Waals surface area contributed by atoms with Crippen LogP contribution in [0.3, 0.4) is 0 Å². The van der Waals surface area contributed by atoms with Gasteiger partial charge in [0.15, 0.2) is 0 Å². The normalized spacial score (nSPS) is 13.1. The van der Waals surface area contributed by atoms with Crippen LogP contribution < -0.4 is 0 Å². The molecule has 0 amide bonds. The summed E-state index contributed by atoms with van der Waals surface area (Å²) in [5.41, 5.74) is 33.8. The van der Waals surface area contributed by atoms with Crippen molar-refractivity contribution in [3.8, 4) is 67.3 Å². The Balaban J connectivity index is 0.000000135. The Morgan fingerprint density at radius 2 is 0.447 bits per heavy atom. The Morgan fingerprint density at radius 3 is 0.860 bits per heavy atom. The average Bonchev–Trinajstić information content (AvgIpc) is 1.48. The molecule has 0 saturated heterocycles. The van der Waals surface area contributed by atoms with E-state index in [2.05, 4.69) is 455 Å². The van der Waals surface area contributed by atoms with Gasteiger partial charge in [0, 0.05) is 65.7 Å². The van der Waals surface area contributed by atoms with Crippen molar-refractivity contribution >= 4 is 87.2 Å². The first-order chi connectivity index (χ1) is 56.6. The van der Waals surface area contributed by atoms with E-state index in [4.69, 9.17) is 0 Å². The largest absolute Gasteiger partial charge is 0.309 e. The molecular weight excluding hydrogens is 1380 g/mol. The van der Waals surface area contributed by atoms with Gasteiger partial charge in [-0.25, -0.2) is 0 Å². The van der Waals surface area contributed by atoms with Gasteiger partial charge in [0.2, 0.25) is 0 Å². The molecule has 0 aliphatic heterocycles. The van der Waals surface area contributed by atoms with Crippen molar-refractivity contribution in [1.82, 2.24) is 18.3 Å². The van der Waals surface area contributed by atoms with Crippen LogP contribution in [0.25, 0.3) is 154 Å². The highest BCUT2D eigenvalue weighted by atomic mass is 15.0. The first-order valence-electron chi connectivity index (χ1n) is 39.5. The number of rotatable bonds is 10. The summed E-state index contributed by atoms with van der Waals surface area (Å²) in [4.78, 5) is 0. The van der Waals surface area contributed by atoms with Crippen LogP contribution in [-0.4, -0.2) is 18.3 Å². The average molecular weight is 1450 g/mol. The second kappa shape index (κ2) is 25.9. The molecule has 22 aromatic rings. The molecule has 2 aliphatic rings. The maximum absolute atomic E-state index is 2.52. The molecule has 0 bridgehead atoms. The van der Waals surface area contributed by atoms with Crippen molar-refractivity contribution < 1.29 is 0 Å². The third-order valence-electron chi connectivity index (χ3n) is 24.8. The fraction of sp³-hybridized carbons (Fsp3) is 0.0182. The summed E-state index contributed by atoms with van der Waals surface area (Å²) >= 11 is 0. The van der Waals surface area contributed by atoms with Gasteiger partial charge in [-0.15, -0.1) is 0 Å². The molecule has 24 rings (SSSR count). The molecule has 4 heterocycles. The summed E-state index contributed by atoms with van der Waals surface area (Å²) in [6, 6.07) is 161. The number of aromatic nitrogens is 4. The van der Waals surface area contributed by atoms with Crippen LogP contribution in [0.15, 0.2) is 437 Å². The van der Waals surface area contributed by atoms with Gasteiger partial charge >= 0.3 is 0 Å². The molecule has 532 valence electrons. The molecule has 0 saturated carbocycles. The van der Waals surface area contributed by atoms with Crippen molar-refractivity contribution in [1.29, 1.82) is 0 Å². The maximum Gasteiger partial charge on any atom is 0.0734 e. The first kappa shape index (κ1) is 65.1. The maximum atomic E-state index is 2.52. The van der Waals surface area contributed by atoms with E-state index in [0.29, 0.717) is 0 Å². The predicted octanol–water partition coefficient (Wildman–Crippen LogP) is 27.8. The molecule has 0 radical (unpaired) electrons. The molecule has 0 N–H and O–H groups in total. The lowest BCUT2D eigenvalue weighted by Gasteiger charge is -2.35. The molecule has 0 spiro atoms. The minimum atomic E-state index is -0.517. The van der Waals surface area contributed by atoms with Gasteiger partial charge in [-0.1, -0.05) is 322 Å². The minimum absolute atomic E-state index is 0.419. The molecule has 114 heavy (non-hydrogen) atoms. The van der Waals surface area contributed by atoms with Gasteiger partial charge in [0.25, 0.3) is 0 Å². The Morgan fingerprint density at radius 1 is 0.158 bits per heavy atom. The third kappa shape index (κ3) is 9.58. The number of hydrogen-bond acceptors (Lipinski definition) is 0. The van der Waals surface area contributed by atoms with Gasteiger partial charge in [-0.05, 0) is 199 Å². The summed E-state index contributed by atoms with van der Waals surface area (Å²) in [7, 11) is 0. The van der Waals surface area contributed by atoms with Crippen molar-refractivity contribution in [3.63, 3.8) is 0 Å². The lowest BCUT2D eigenvalue weighted by Crippen LogP contribution is -2.29. The quantitative estimate of drug-likeness (QED) is 0.130. The second-order valence-corrected chi connectivity index (χ2v) is 30.5. The van der Waals surface area contributed by atoms with Crippen molar-refractivity contribution in [2.24, 2.45) is 0 Å². The fourth-order valence-electron chi connectivity index (χ4n) is 20.1. The lowest BCUT2D eigenvalue weighted by molar-refractivity contribution is 0.762. The van der Waals surface area contributed by atoms with E-state index < -0.39 is 10.8 Å².